The lowest BCUT2D eigenvalue weighted by Gasteiger charge is -2.19. The number of halogens is 3. The van der Waals surface area contributed by atoms with Crippen LogP contribution in [0, 0.1) is 11.8 Å². The molecule has 0 saturated carbocycles. The Morgan fingerprint density at radius 2 is 2.00 bits per heavy atom. The highest BCUT2D eigenvalue weighted by atomic mass is 19.4. The van der Waals surface area contributed by atoms with Gasteiger partial charge >= 0.3 is 6.18 Å². The van der Waals surface area contributed by atoms with E-state index >= 15 is 0 Å². The molecule has 0 aromatic carbocycles. The average molecular weight is 261 g/mol. The summed E-state index contributed by atoms with van der Waals surface area (Å²) in [6, 6.07) is 2.35. The number of hydrogen-bond acceptors (Lipinski definition) is 3. The first kappa shape index (κ1) is 14.8. The number of aromatic nitrogens is 1. The first-order chi connectivity index (χ1) is 8.34. The fourth-order valence-electron chi connectivity index (χ4n) is 1.51. The van der Waals surface area contributed by atoms with E-state index < -0.39 is 11.9 Å². The minimum atomic E-state index is -4.39. The van der Waals surface area contributed by atoms with Gasteiger partial charge in [-0.2, -0.15) is 13.2 Å². The predicted molar refractivity (Wildman–Crippen MR) is 65.1 cm³/mol. The largest absolute Gasteiger partial charge is 0.433 e. The number of anilines is 1. The van der Waals surface area contributed by atoms with Crippen molar-refractivity contribution in [3.8, 4) is 0 Å². The Hall–Kier alpha value is -1.30. The third kappa shape index (κ3) is 4.18. The highest BCUT2D eigenvalue weighted by molar-refractivity contribution is 5.41. The van der Waals surface area contributed by atoms with Gasteiger partial charge in [-0.3, -0.25) is 0 Å². The Kier molecular flexibility index (Phi) is 4.95. The van der Waals surface area contributed by atoms with Crippen LogP contribution in [-0.4, -0.2) is 18.1 Å². The minimum absolute atomic E-state index is 0.285. The molecule has 1 aromatic rings. The molecule has 0 bridgehead atoms. The van der Waals surface area contributed by atoms with E-state index in [1.54, 1.807) is 0 Å². The second kappa shape index (κ2) is 6.04. The Labute approximate surface area is 105 Å². The van der Waals surface area contributed by atoms with E-state index in [1.165, 1.54) is 12.3 Å². The normalized spacial score (nSPS) is 13.7. The number of rotatable bonds is 5. The van der Waals surface area contributed by atoms with Crippen LogP contribution in [0.3, 0.4) is 0 Å². The van der Waals surface area contributed by atoms with Crippen LogP contribution in [0.4, 0.5) is 18.9 Å². The SMILES string of the molecule is CC(C)C(CN)CNc1ccc(C(F)(F)F)nc1. The molecule has 0 aliphatic heterocycles. The molecule has 0 saturated heterocycles. The van der Waals surface area contributed by atoms with Crippen LogP contribution in [0.5, 0.6) is 0 Å². The lowest BCUT2D eigenvalue weighted by molar-refractivity contribution is -0.141. The molecule has 1 atom stereocenters. The maximum atomic E-state index is 12.3. The van der Waals surface area contributed by atoms with Crippen molar-refractivity contribution in [2.75, 3.05) is 18.4 Å². The van der Waals surface area contributed by atoms with Crippen molar-refractivity contribution < 1.29 is 13.2 Å². The monoisotopic (exact) mass is 261 g/mol. The van der Waals surface area contributed by atoms with Gasteiger partial charge in [0.25, 0.3) is 0 Å². The molecule has 3 nitrogen and oxygen atoms in total. The molecule has 0 spiro atoms. The van der Waals surface area contributed by atoms with Crippen LogP contribution in [0.25, 0.3) is 0 Å². The van der Waals surface area contributed by atoms with Crippen molar-refractivity contribution in [2.45, 2.75) is 20.0 Å². The summed E-state index contributed by atoms with van der Waals surface area (Å²) < 4.78 is 36.9. The van der Waals surface area contributed by atoms with Gasteiger partial charge < -0.3 is 11.1 Å². The summed E-state index contributed by atoms with van der Waals surface area (Å²) in [5.41, 5.74) is 5.30. The van der Waals surface area contributed by atoms with Crippen LogP contribution in [0.15, 0.2) is 18.3 Å². The smallest absolute Gasteiger partial charge is 0.383 e. The summed E-state index contributed by atoms with van der Waals surface area (Å²) in [5.74, 6) is 0.706. The summed E-state index contributed by atoms with van der Waals surface area (Å²) in [7, 11) is 0. The Morgan fingerprint density at radius 1 is 1.33 bits per heavy atom. The minimum Gasteiger partial charge on any atom is -0.383 e. The highest BCUT2D eigenvalue weighted by Gasteiger charge is 2.31. The van der Waals surface area contributed by atoms with Crippen LogP contribution < -0.4 is 11.1 Å². The second-order valence-electron chi connectivity index (χ2n) is 4.55. The molecule has 0 aliphatic carbocycles. The third-order valence-electron chi connectivity index (χ3n) is 2.87. The first-order valence-corrected chi connectivity index (χ1v) is 5.81. The summed E-state index contributed by atoms with van der Waals surface area (Å²) in [5, 5.41) is 3.05. The van der Waals surface area contributed by atoms with Crippen molar-refractivity contribution in [3.63, 3.8) is 0 Å². The van der Waals surface area contributed by atoms with Crippen LogP contribution in [-0.2, 0) is 6.18 Å². The maximum absolute atomic E-state index is 12.3. The molecule has 0 radical (unpaired) electrons. The third-order valence-corrected chi connectivity index (χ3v) is 2.87. The number of nitrogens with one attached hydrogen (secondary N) is 1. The average Bonchev–Trinajstić information content (AvgIpc) is 2.29. The van der Waals surface area contributed by atoms with Crippen LogP contribution in [0.2, 0.25) is 0 Å². The lowest BCUT2D eigenvalue weighted by atomic mass is 9.96. The van der Waals surface area contributed by atoms with Crippen molar-refractivity contribution in [3.05, 3.63) is 24.0 Å². The topological polar surface area (TPSA) is 50.9 Å². The Bertz CT molecular complexity index is 360. The van der Waals surface area contributed by atoms with Gasteiger partial charge in [0.05, 0.1) is 11.9 Å². The number of nitrogens with two attached hydrogens (primary N) is 1. The van der Waals surface area contributed by atoms with Gasteiger partial charge in [0.15, 0.2) is 0 Å². The number of nitrogens with zero attached hydrogens (tertiary/aromatic N) is 1. The molecule has 3 N–H and O–H groups in total. The fraction of sp³-hybridized carbons (Fsp3) is 0.583. The molecule has 1 rings (SSSR count). The second-order valence-corrected chi connectivity index (χ2v) is 4.55. The van der Waals surface area contributed by atoms with E-state index in [0.29, 0.717) is 24.7 Å². The maximum Gasteiger partial charge on any atom is 0.433 e. The Balaban J connectivity index is 2.59. The number of pyridine rings is 1. The zero-order chi connectivity index (χ0) is 13.8. The Morgan fingerprint density at radius 3 is 2.39 bits per heavy atom. The van der Waals surface area contributed by atoms with Crippen molar-refractivity contribution in [1.82, 2.24) is 4.98 Å². The van der Waals surface area contributed by atoms with Crippen molar-refractivity contribution in [2.24, 2.45) is 17.6 Å². The van der Waals surface area contributed by atoms with Gasteiger partial charge in [0.2, 0.25) is 0 Å². The summed E-state index contributed by atoms with van der Waals surface area (Å²) in [4.78, 5) is 3.38. The van der Waals surface area contributed by atoms with Gasteiger partial charge in [-0.1, -0.05) is 13.8 Å². The van der Waals surface area contributed by atoms with Crippen LogP contribution >= 0.6 is 0 Å². The van der Waals surface area contributed by atoms with Crippen molar-refractivity contribution >= 4 is 5.69 Å². The summed E-state index contributed by atoms with van der Waals surface area (Å²) in [6.07, 6.45) is -3.20. The number of hydrogen-bond donors (Lipinski definition) is 2. The van der Waals surface area contributed by atoms with Gasteiger partial charge in [-0.15, -0.1) is 0 Å². The van der Waals surface area contributed by atoms with Gasteiger partial charge in [0, 0.05) is 6.54 Å². The molecule has 0 aliphatic rings. The van der Waals surface area contributed by atoms with Crippen LogP contribution in [0.1, 0.15) is 19.5 Å². The van der Waals surface area contributed by atoms with Gasteiger partial charge in [-0.25, -0.2) is 4.98 Å². The molecule has 1 heterocycles. The molecule has 6 heteroatoms. The molecular weight excluding hydrogens is 243 g/mol. The predicted octanol–water partition coefficient (Wildman–Crippen LogP) is 2.74. The fourth-order valence-corrected chi connectivity index (χ4v) is 1.51. The molecule has 0 amide bonds. The van der Waals surface area contributed by atoms with Gasteiger partial charge in [0.1, 0.15) is 5.69 Å². The molecule has 1 aromatic heterocycles. The van der Waals surface area contributed by atoms with Gasteiger partial charge in [-0.05, 0) is 30.5 Å². The van der Waals surface area contributed by atoms with E-state index in [9.17, 15) is 13.2 Å². The molecule has 102 valence electrons. The quantitative estimate of drug-likeness (QED) is 0.857. The summed E-state index contributed by atoms with van der Waals surface area (Å²) >= 11 is 0. The zero-order valence-electron chi connectivity index (χ0n) is 10.5. The highest BCUT2D eigenvalue weighted by Crippen LogP contribution is 2.27. The standard InChI is InChI=1S/C12H18F3N3/c1-8(2)9(5-16)6-17-10-3-4-11(18-7-10)12(13,14)15/h3-4,7-9,17H,5-6,16H2,1-2H3. The number of alkyl halides is 3. The molecular formula is C12H18F3N3. The lowest BCUT2D eigenvalue weighted by Crippen LogP contribution is -2.27. The van der Waals surface area contributed by atoms with E-state index in [2.05, 4.69) is 24.1 Å². The van der Waals surface area contributed by atoms with E-state index in [4.69, 9.17) is 5.73 Å². The van der Waals surface area contributed by atoms with Crippen molar-refractivity contribution in [1.29, 1.82) is 0 Å². The van der Waals surface area contributed by atoms with E-state index in [0.717, 1.165) is 6.07 Å². The first-order valence-electron chi connectivity index (χ1n) is 5.81. The zero-order valence-corrected chi connectivity index (χ0v) is 10.5. The molecule has 1 unspecified atom stereocenters. The van der Waals surface area contributed by atoms with E-state index in [-0.39, 0.29) is 5.92 Å². The molecule has 0 fully saturated rings. The van der Waals surface area contributed by atoms with E-state index in [1.807, 2.05) is 0 Å². The molecule has 18 heavy (non-hydrogen) atoms. The summed E-state index contributed by atoms with van der Waals surface area (Å²) in [6.45, 7) is 5.29.